The molecule has 1 aromatic rings. The molecule has 2 atom stereocenters. The summed E-state index contributed by atoms with van der Waals surface area (Å²) in [6.45, 7) is 0.751. The first-order valence-corrected chi connectivity index (χ1v) is 5.58. The third-order valence-corrected chi connectivity index (χ3v) is 3.11. The Morgan fingerprint density at radius 2 is 1.93 bits per heavy atom. The Morgan fingerprint density at radius 1 is 1.21 bits per heavy atom. The van der Waals surface area contributed by atoms with Gasteiger partial charge < -0.3 is 4.74 Å². The van der Waals surface area contributed by atoms with Gasteiger partial charge >= 0.3 is 0 Å². The minimum absolute atomic E-state index is 0.142. The zero-order chi connectivity index (χ0) is 9.97. The normalized spacial score (nSPS) is 27.6. The zero-order valence-electron chi connectivity index (χ0n) is 7.75. The van der Waals surface area contributed by atoms with Crippen LogP contribution in [0.4, 0.5) is 0 Å². The first-order chi connectivity index (χ1) is 6.75. The number of alkyl halides is 1. The van der Waals surface area contributed by atoms with Gasteiger partial charge in [-0.2, -0.15) is 0 Å². The quantitative estimate of drug-likeness (QED) is 0.668. The Morgan fingerprint density at radius 3 is 2.57 bits per heavy atom. The SMILES string of the molecule is Clc1ccc([C@H]2C[C@@H](Cl)CCO2)cc1. The first-order valence-electron chi connectivity index (χ1n) is 4.77. The van der Waals surface area contributed by atoms with E-state index in [1.165, 1.54) is 5.56 Å². The first kappa shape index (κ1) is 10.3. The molecule has 1 aliphatic rings. The Hall–Kier alpha value is -0.240. The van der Waals surface area contributed by atoms with Crippen LogP contribution >= 0.6 is 23.2 Å². The molecule has 0 unspecified atom stereocenters. The maximum Gasteiger partial charge on any atom is 0.0839 e. The highest BCUT2D eigenvalue weighted by Gasteiger charge is 2.21. The predicted molar refractivity (Wildman–Crippen MR) is 59.0 cm³/mol. The highest BCUT2D eigenvalue weighted by Crippen LogP contribution is 2.30. The smallest absolute Gasteiger partial charge is 0.0839 e. The van der Waals surface area contributed by atoms with Gasteiger partial charge in [0.2, 0.25) is 0 Å². The molecule has 0 spiro atoms. The van der Waals surface area contributed by atoms with Gasteiger partial charge in [-0.15, -0.1) is 11.6 Å². The van der Waals surface area contributed by atoms with Gasteiger partial charge in [0.15, 0.2) is 0 Å². The average molecular weight is 231 g/mol. The van der Waals surface area contributed by atoms with Crippen LogP contribution < -0.4 is 0 Å². The van der Waals surface area contributed by atoms with E-state index in [4.69, 9.17) is 27.9 Å². The van der Waals surface area contributed by atoms with Crippen LogP contribution in [0, 0.1) is 0 Å². The molecule has 0 bridgehead atoms. The Kier molecular flexibility index (Phi) is 3.32. The van der Waals surface area contributed by atoms with E-state index in [0.29, 0.717) is 0 Å². The molecule has 1 saturated heterocycles. The topological polar surface area (TPSA) is 9.23 Å². The van der Waals surface area contributed by atoms with Gasteiger partial charge in [-0.05, 0) is 30.5 Å². The van der Waals surface area contributed by atoms with Gasteiger partial charge in [-0.3, -0.25) is 0 Å². The lowest BCUT2D eigenvalue weighted by Gasteiger charge is -2.26. The number of hydrogen-bond acceptors (Lipinski definition) is 1. The summed E-state index contributed by atoms with van der Waals surface area (Å²) in [6.07, 6.45) is 1.98. The fraction of sp³-hybridized carbons (Fsp3) is 0.455. The summed E-state index contributed by atoms with van der Waals surface area (Å²) in [5, 5.41) is 0.997. The van der Waals surface area contributed by atoms with Crippen molar-refractivity contribution in [3.63, 3.8) is 0 Å². The van der Waals surface area contributed by atoms with Crippen LogP contribution in [0.2, 0.25) is 5.02 Å². The maximum absolute atomic E-state index is 6.09. The number of halogens is 2. The van der Waals surface area contributed by atoms with E-state index >= 15 is 0 Å². The number of ether oxygens (including phenoxy) is 1. The average Bonchev–Trinajstić information content (AvgIpc) is 2.19. The van der Waals surface area contributed by atoms with Crippen molar-refractivity contribution in [2.24, 2.45) is 0 Å². The van der Waals surface area contributed by atoms with Crippen molar-refractivity contribution in [3.05, 3.63) is 34.9 Å². The fourth-order valence-corrected chi connectivity index (χ4v) is 2.04. The number of hydrogen-bond donors (Lipinski definition) is 0. The van der Waals surface area contributed by atoms with Gasteiger partial charge in [0.1, 0.15) is 0 Å². The van der Waals surface area contributed by atoms with E-state index in [0.717, 1.165) is 24.5 Å². The summed E-state index contributed by atoms with van der Waals surface area (Å²) in [5.74, 6) is 0. The van der Waals surface area contributed by atoms with Crippen LogP contribution in [0.5, 0.6) is 0 Å². The minimum Gasteiger partial charge on any atom is -0.373 e. The summed E-state index contributed by atoms with van der Waals surface area (Å²) < 4.78 is 5.65. The van der Waals surface area contributed by atoms with E-state index in [2.05, 4.69) is 0 Å². The van der Waals surface area contributed by atoms with Gasteiger partial charge in [0.05, 0.1) is 6.10 Å². The van der Waals surface area contributed by atoms with Crippen LogP contribution in [0.25, 0.3) is 0 Å². The van der Waals surface area contributed by atoms with E-state index in [1.807, 2.05) is 24.3 Å². The molecule has 0 N–H and O–H groups in total. The van der Waals surface area contributed by atoms with E-state index < -0.39 is 0 Å². The Bertz CT molecular complexity index is 297. The molecule has 1 fully saturated rings. The zero-order valence-corrected chi connectivity index (χ0v) is 9.26. The summed E-state index contributed by atoms with van der Waals surface area (Å²) in [5.41, 5.74) is 1.17. The third kappa shape index (κ3) is 2.41. The third-order valence-electron chi connectivity index (χ3n) is 2.46. The summed E-state index contributed by atoms with van der Waals surface area (Å²) >= 11 is 11.9. The van der Waals surface area contributed by atoms with E-state index in [9.17, 15) is 0 Å². The van der Waals surface area contributed by atoms with Crippen molar-refractivity contribution < 1.29 is 4.74 Å². The molecule has 3 heteroatoms. The molecule has 1 nitrogen and oxygen atoms in total. The lowest BCUT2D eigenvalue weighted by molar-refractivity contribution is 0.0169. The maximum atomic E-state index is 6.09. The molecule has 2 rings (SSSR count). The van der Waals surface area contributed by atoms with Crippen molar-refractivity contribution in [2.45, 2.75) is 24.3 Å². The van der Waals surface area contributed by atoms with Crippen molar-refractivity contribution in [1.82, 2.24) is 0 Å². The van der Waals surface area contributed by atoms with Crippen molar-refractivity contribution >= 4 is 23.2 Å². The fourth-order valence-electron chi connectivity index (χ4n) is 1.67. The molecular weight excluding hydrogens is 219 g/mol. The molecule has 0 aromatic heterocycles. The van der Waals surface area contributed by atoms with Crippen molar-refractivity contribution in [3.8, 4) is 0 Å². The molecule has 0 aliphatic carbocycles. The Balaban J connectivity index is 2.10. The molecule has 0 amide bonds. The van der Waals surface area contributed by atoms with Crippen LogP contribution in [0.3, 0.4) is 0 Å². The van der Waals surface area contributed by atoms with Crippen LogP contribution in [0.15, 0.2) is 24.3 Å². The standard InChI is InChI=1S/C11H12Cl2O/c12-9-3-1-8(2-4-9)11-7-10(13)5-6-14-11/h1-4,10-11H,5-7H2/t10-,11+/m0/s1. The van der Waals surface area contributed by atoms with Crippen LogP contribution in [0.1, 0.15) is 24.5 Å². The molecule has 0 saturated carbocycles. The molecule has 1 aliphatic heterocycles. The van der Waals surface area contributed by atoms with Gasteiger partial charge in [0.25, 0.3) is 0 Å². The summed E-state index contributed by atoms with van der Waals surface area (Å²) in [6, 6.07) is 7.78. The van der Waals surface area contributed by atoms with Crippen molar-refractivity contribution in [2.75, 3.05) is 6.61 Å². The second kappa shape index (κ2) is 4.52. The Labute approximate surface area is 94.0 Å². The summed E-state index contributed by atoms with van der Waals surface area (Å²) in [7, 11) is 0. The van der Waals surface area contributed by atoms with E-state index in [-0.39, 0.29) is 11.5 Å². The monoisotopic (exact) mass is 230 g/mol. The highest BCUT2D eigenvalue weighted by molar-refractivity contribution is 6.30. The molecule has 14 heavy (non-hydrogen) atoms. The van der Waals surface area contributed by atoms with Crippen molar-refractivity contribution in [1.29, 1.82) is 0 Å². The predicted octanol–water partition coefficient (Wildman–Crippen LogP) is 3.80. The van der Waals surface area contributed by atoms with Gasteiger partial charge in [-0.25, -0.2) is 0 Å². The molecule has 0 radical (unpaired) electrons. The molecule has 1 heterocycles. The lowest BCUT2D eigenvalue weighted by Crippen LogP contribution is -2.19. The number of rotatable bonds is 1. The van der Waals surface area contributed by atoms with Gasteiger partial charge in [-0.1, -0.05) is 23.7 Å². The largest absolute Gasteiger partial charge is 0.373 e. The minimum atomic E-state index is 0.142. The summed E-state index contributed by atoms with van der Waals surface area (Å²) in [4.78, 5) is 0. The van der Waals surface area contributed by atoms with Crippen LogP contribution in [-0.2, 0) is 4.74 Å². The lowest BCUT2D eigenvalue weighted by atomic mass is 10.0. The molecular formula is C11H12Cl2O. The molecule has 1 aromatic carbocycles. The molecule has 76 valence electrons. The van der Waals surface area contributed by atoms with Crippen LogP contribution in [-0.4, -0.2) is 12.0 Å². The number of benzene rings is 1. The van der Waals surface area contributed by atoms with Gasteiger partial charge in [0, 0.05) is 17.0 Å². The second-order valence-corrected chi connectivity index (χ2v) is 4.59. The van der Waals surface area contributed by atoms with E-state index in [1.54, 1.807) is 0 Å². The highest BCUT2D eigenvalue weighted by atomic mass is 35.5. The second-order valence-electron chi connectivity index (χ2n) is 3.53.